The summed E-state index contributed by atoms with van der Waals surface area (Å²) in [6.45, 7) is 0.0337. The van der Waals surface area contributed by atoms with Crippen LogP contribution < -0.4 is 5.32 Å². The third-order valence-corrected chi connectivity index (χ3v) is 5.60. The van der Waals surface area contributed by atoms with Crippen LogP contribution in [0.1, 0.15) is 18.1 Å². The van der Waals surface area contributed by atoms with Crippen molar-refractivity contribution < 1.29 is 24.9 Å². The first-order valence-corrected chi connectivity index (χ1v) is 9.55. The molecular formula is C21H21N3O5. The fraction of sp³-hybridized carbons (Fsp3) is 0.333. The van der Waals surface area contributed by atoms with Crippen LogP contribution in [0.3, 0.4) is 0 Å². The second-order valence-electron chi connectivity index (χ2n) is 7.59. The first-order valence-electron chi connectivity index (χ1n) is 9.55. The lowest BCUT2D eigenvalue weighted by Crippen LogP contribution is -2.44. The van der Waals surface area contributed by atoms with Crippen molar-refractivity contribution in [3.05, 3.63) is 48.3 Å². The first kappa shape index (κ1) is 18.3. The average molecular weight is 395 g/mol. The Morgan fingerprint density at radius 2 is 2.07 bits per heavy atom. The highest BCUT2D eigenvalue weighted by atomic mass is 16.5. The highest BCUT2D eigenvalue weighted by molar-refractivity contribution is 6.05. The molecule has 3 aromatic rings. The average Bonchev–Trinajstić information content (AvgIpc) is 3.13. The highest BCUT2D eigenvalue weighted by Crippen LogP contribution is 2.36. The molecule has 2 aromatic carbocycles. The molecule has 1 aromatic heterocycles. The van der Waals surface area contributed by atoms with E-state index in [9.17, 15) is 20.1 Å². The fourth-order valence-electron chi connectivity index (χ4n) is 4.18. The molecule has 8 nitrogen and oxygen atoms in total. The van der Waals surface area contributed by atoms with Gasteiger partial charge in [-0.2, -0.15) is 0 Å². The van der Waals surface area contributed by atoms with Crippen LogP contribution in [-0.4, -0.2) is 55.7 Å². The standard InChI is InChI=1S/C21H21N3O5/c25-9-14-7-17(26)20(28)21(29-14)12-3-1-2-11(4-12)13-5-15-19-16(6-13)23-18(27)8-24(19)10-22-15/h1-6,10,14,17,20-21,25-26,28H,7-9H2,(H,23,27). The Balaban J connectivity index is 1.54. The number of imidazole rings is 1. The molecule has 150 valence electrons. The Morgan fingerprint density at radius 1 is 1.21 bits per heavy atom. The second-order valence-corrected chi connectivity index (χ2v) is 7.59. The van der Waals surface area contributed by atoms with Crippen molar-refractivity contribution in [2.45, 2.75) is 37.4 Å². The Bertz CT molecular complexity index is 1100. The molecule has 2 aliphatic rings. The molecule has 4 N–H and O–H groups in total. The molecule has 0 saturated carbocycles. The van der Waals surface area contributed by atoms with Gasteiger partial charge in [-0.05, 0) is 34.9 Å². The monoisotopic (exact) mass is 395 g/mol. The molecule has 2 aliphatic heterocycles. The molecule has 4 unspecified atom stereocenters. The minimum Gasteiger partial charge on any atom is -0.394 e. The molecule has 8 heteroatoms. The van der Waals surface area contributed by atoms with Crippen molar-refractivity contribution in [3.8, 4) is 11.1 Å². The predicted octanol–water partition coefficient (Wildman–Crippen LogP) is 1.20. The van der Waals surface area contributed by atoms with Crippen molar-refractivity contribution in [2.75, 3.05) is 11.9 Å². The third-order valence-electron chi connectivity index (χ3n) is 5.60. The van der Waals surface area contributed by atoms with Crippen molar-refractivity contribution in [1.29, 1.82) is 0 Å². The number of aliphatic hydroxyl groups excluding tert-OH is 3. The lowest BCUT2D eigenvalue weighted by atomic mass is 9.91. The van der Waals surface area contributed by atoms with Gasteiger partial charge in [0.05, 0.1) is 41.9 Å². The lowest BCUT2D eigenvalue weighted by Gasteiger charge is -2.37. The summed E-state index contributed by atoms with van der Waals surface area (Å²) < 4.78 is 7.63. The van der Waals surface area contributed by atoms with Crippen molar-refractivity contribution >= 4 is 22.6 Å². The Hall–Kier alpha value is -2.78. The largest absolute Gasteiger partial charge is 0.394 e. The number of benzene rings is 2. The summed E-state index contributed by atoms with van der Waals surface area (Å²) in [7, 11) is 0. The smallest absolute Gasteiger partial charge is 0.244 e. The highest BCUT2D eigenvalue weighted by Gasteiger charge is 2.37. The number of ether oxygens (including phenoxy) is 1. The van der Waals surface area contributed by atoms with Gasteiger partial charge in [0.15, 0.2) is 0 Å². The van der Waals surface area contributed by atoms with Crippen LogP contribution in [0.25, 0.3) is 22.2 Å². The van der Waals surface area contributed by atoms with Gasteiger partial charge >= 0.3 is 0 Å². The van der Waals surface area contributed by atoms with E-state index in [0.29, 0.717) is 11.3 Å². The number of hydrogen-bond acceptors (Lipinski definition) is 6. The van der Waals surface area contributed by atoms with Crippen LogP contribution in [-0.2, 0) is 16.1 Å². The summed E-state index contributed by atoms with van der Waals surface area (Å²) in [5.41, 5.74) is 4.83. The van der Waals surface area contributed by atoms with Gasteiger partial charge in [-0.3, -0.25) is 4.79 Å². The van der Waals surface area contributed by atoms with Crippen LogP contribution >= 0.6 is 0 Å². The maximum absolute atomic E-state index is 11.9. The first-order chi connectivity index (χ1) is 14.0. The maximum atomic E-state index is 11.9. The van der Waals surface area contributed by atoms with Gasteiger partial charge in [0.1, 0.15) is 18.8 Å². The number of aromatic nitrogens is 2. The topological polar surface area (TPSA) is 117 Å². The van der Waals surface area contributed by atoms with Gasteiger partial charge in [0.25, 0.3) is 0 Å². The van der Waals surface area contributed by atoms with E-state index < -0.39 is 24.4 Å². The summed E-state index contributed by atoms with van der Waals surface area (Å²) in [5, 5.41) is 32.9. The molecule has 1 amide bonds. The SMILES string of the molecule is O=C1Cn2cnc3cc(-c4cccc(C5OC(CO)CC(O)C5O)c4)cc(c32)N1. The summed E-state index contributed by atoms with van der Waals surface area (Å²) in [4.78, 5) is 16.4. The van der Waals surface area contributed by atoms with Crippen molar-refractivity contribution in [1.82, 2.24) is 9.55 Å². The van der Waals surface area contributed by atoms with Crippen LogP contribution in [0.2, 0.25) is 0 Å². The molecule has 0 bridgehead atoms. The number of hydrogen-bond donors (Lipinski definition) is 4. The van der Waals surface area contributed by atoms with Gasteiger partial charge in [-0.15, -0.1) is 0 Å². The number of carbonyl (C=O) groups excluding carboxylic acids is 1. The summed E-state index contributed by atoms with van der Waals surface area (Å²) in [5.74, 6) is -0.0922. The number of rotatable bonds is 3. The number of amides is 1. The molecule has 1 saturated heterocycles. The van der Waals surface area contributed by atoms with Crippen LogP contribution in [0, 0.1) is 0 Å². The normalized spacial score (nSPS) is 26.5. The summed E-state index contributed by atoms with van der Waals surface area (Å²) >= 11 is 0. The Morgan fingerprint density at radius 3 is 2.90 bits per heavy atom. The van der Waals surface area contributed by atoms with Crippen molar-refractivity contribution in [2.24, 2.45) is 0 Å². The van der Waals surface area contributed by atoms with Gasteiger partial charge in [-0.1, -0.05) is 18.2 Å². The number of carbonyl (C=O) groups is 1. The number of nitrogens with zero attached hydrogens (tertiary/aromatic N) is 2. The minimum absolute atomic E-state index is 0.0922. The van der Waals surface area contributed by atoms with E-state index in [1.807, 2.05) is 41.0 Å². The van der Waals surface area contributed by atoms with Gasteiger partial charge < -0.3 is 29.9 Å². The molecule has 29 heavy (non-hydrogen) atoms. The lowest BCUT2D eigenvalue weighted by molar-refractivity contribution is -0.179. The van der Waals surface area contributed by atoms with Crippen molar-refractivity contribution in [3.63, 3.8) is 0 Å². The molecule has 4 atom stereocenters. The third kappa shape index (κ3) is 3.10. The zero-order valence-electron chi connectivity index (χ0n) is 15.5. The van der Waals surface area contributed by atoms with E-state index in [0.717, 1.165) is 22.2 Å². The van der Waals surface area contributed by atoms with E-state index >= 15 is 0 Å². The molecule has 0 aliphatic carbocycles. The van der Waals surface area contributed by atoms with E-state index in [1.54, 1.807) is 6.33 Å². The number of anilines is 1. The minimum atomic E-state index is -1.08. The Kier molecular flexibility index (Phi) is 4.36. The second kappa shape index (κ2) is 6.93. The van der Waals surface area contributed by atoms with Crippen LogP contribution in [0.15, 0.2) is 42.7 Å². The van der Waals surface area contributed by atoms with E-state index in [2.05, 4.69) is 10.3 Å². The zero-order valence-corrected chi connectivity index (χ0v) is 15.5. The molecule has 1 fully saturated rings. The van der Waals surface area contributed by atoms with E-state index in [1.165, 1.54) is 0 Å². The number of nitrogens with one attached hydrogen (secondary N) is 1. The van der Waals surface area contributed by atoms with Crippen LogP contribution in [0.4, 0.5) is 5.69 Å². The maximum Gasteiger partial charge on any atom is 0.244 e. The zero-order chi connectivity index (χ0) is 20.1. The van der Waals surface area contributed by atoms with Gasteiger partial charge in [0, 0.05) is 6.42 Å². The molecule has 0 radical (unpaired) electrons. The van der Waals surface area contributed by atoms with Gasteiger partial charge in [0.2, 0.25) is 5.91 Å². The fourth-order valence-corrected chi connectivity index (χ4v) is 4.18. The molecule has 0 spiro atoms. The van der Waals surface area contributed by atoms with E-state index in [4.69, 9.17) is 4.74 Å². The molecular weight excluding hydrogens is 374 g/mol. The molecule has 3 heterocycles. The van der Waals surface area contributed by atoms with Crippen LogP contribution in [0.5, 0.6) is 0 Å². The number of aliphatic hydroxyl groups is 3. The quantitative estimate of drug-likeness (QED) is 0.530. The van der Waals surface area contributed by atoms with Gasteiger partial charge in [-0.25, -0.2) is 4.98 Å². The Labute approximate surface area is 166 Å². The summed E-state index contributed by atoms with van der Waals surface area (Å²) in [6, 6.07) is 11.3. The summed E-state index contributed by atoms with van der Waals surface area (Å²) in [6.07, 6.45) is -1.45. The van der Waals surface area contributed by atoms with E-state index in [-0.39, 0.29) is 25.5 Å². The molecule has 5 rings (SSSR count). The predicted molar refractivity (Wildman–Crippen MR) is 105 cm³/mol.